The molecule has 1 heterocycles. The van der Waals surface area contributed by atoms with Crippen molar-refractivity contribution >= 4 is 22.8 Å². The molecule has 0 radical (unpaired) electrons. The molecule has 0 fully saturated rings. The number of fused-ring (bicyclic) bond motifs is 2. The van der Waals surface area contributed by atoms with Crippen molar-refractivity contribution in [1.29, 1.82) is 0 Å². The number of aryl methyl sites for hydroxylation is 1. The number of para-hydroxylation sites is 1. The van der Waals surface area contributed by atoms with Crippen molar-refractivity contribution in [3.05, 3.63) is 77.0 Å². The van der Waals surface area contributed by atoms with E-state index in [2.05, 4.69) is 0 Å². The maximum Gasteiger partial charge on any atom is 0.339 e. The Morgan fingerprint density at radius 3 is 2.53 bits per heavy atom. The number of aromatic nitrogens is 1. The molecule has 0 bridgehead atoms. The summed E-state index contributed by atoms with van der Waals surface area (Å²) in [5.74, 6) is -0.662. The standard InChI is InChI=1S/C25H26N2O3/c1-27(16-18-10-4-2-5-11-18)23(28)17-30-25(29)24-19-12-6-3-7-14-21(19)26-22-15-9-8-13-20(22)24/h2,4-5,8-11,13,15H,3,6-7,12,14,16-17H2,1H3. The minimum atomic E-state index is -0.437. The molecule has 4 rings (SSSR count). The van der Waals surface area contributed by atoms with Crippen molar-refractivity contribution < 1.29 is 14.3 Å². The van der Waals surface area contributed by atoms with Gasteiger partial charge in [-0.05, 0) is 42.9 Å². The molecule has 2 aromatic carbocycles. The molecule has 0 aliphatic heterocycles. The molecule has 30 heavy (non-hydrogen) atoms. The van der Waals surface area contributed by atoms with Crippen LogP contribution in [0.3, 0.4) is 0 Å². The smallest absolute Gasteiger partial charge is 0.339 e. The SMILES string of the molecule is CN(Cc1ccccc1)C(=O)COC(=O)c1c2c(nc3ccccc13)CCCCC2. The molecule has 5 heteroatoms. The second kappa shape index (κ2) is 9.08. The number of hydrogen-bond donors (Lipinski definition) is 0. The van der Waals surface area contributed by atoms with E-state index in [9.17, 15) is 9.59 Å². The van der Waals surface area contributed by atoms with Gasteiger partial charge in [0.05, 0.1) is 11.1 Å². The fourth-order valence-electron chi connectivity index (χ4n) is 4.04. The molecule has 0 N–H and O–H groups in total. The van der Waals surface area contributed by atoms with Crippen LogP contribution in [0, 0.1) is 0 Å². The Morgan fingerprint density at radius 2 is 1.70 bits per heavy atom. The van der Waals surface area contributed by atoms with Crippen LogP contribution in [-0.4, -0.2) is 35.4 Å². The van der Waals surface area contributed by atoms with Gasteiger partial charge in [-0.3, -0.25) is 9.78 Å². The van der Waals surface area contributed by atoms with E-state index in [-0.39, 0.29) is 12.5 Å². The van der Waals surface area contributed by atoms with E-state index < -0.39 is 5.97 Å². The summed E-state index contributed by atoms with van der Waals surface area (Å²) in [6, 6.07) is 17.4. The van der Waals surface area contributed by atoms with E-state index in [0.717, 1.165) is 59.8 Å². The third-order valence-corrected chi connectivity index (χ3v) is 5.64. The van der Waals surface area contributed by atoms with E-state index in [1.54, 1.807) is 11.9 Å². The third kappa shape index (κ3) is 4.35. The maximum atomic E-state index is 13.1. The average molecular weight is 402 g/mol. The molecule has 5 nitrogen and oxygen atoms in total. The van der Waals surface area contributed by atoms with Crippen molar-refractivity contribution in [3.8, 4) is 0 Å². The number of carbonyl (C=O) groups excluding carboxylic acids is 2. The quantitative estimate of drug-likeness (QED) is 0.471. The van der Waals surface area contributed by atoms with Gasteiger partial charge in [-0.2, -0.15) is 0 Å². The number of rotatable bonds is 5. The van der Waals surface area contributed by atoms with Gasteiger partial charge < -0.3 is 9.64 Å². The van der Waals surface area contributed by atoms with E-state index in [1.807, 2.05) is 54.6 Å². The molecule has 0 spiro atoms. The normalized spacial score (nSPS) is 13.4. The van der Waals surface area contributed by atoms with Crippen molar-refractivity contribution in [2.45, 2.75) is 38.6 Å². The minimum Gasteiger partial charge on any atom is -0.452 e. The fourth-order valence-corrected chi connectivity index (χ4v) is 4.04. The lowest BCUT2D eigenvalue weighted by Crippen LogP contribution is -2.31. The van der Waals surface area contributed by atoms with Crippen LogP contribution in [0.5, 0.6) is 0 Å². The number of likely N-dealkylation sites (N-methyl/N-ethyl adjacent to an activating group) is 1. The molecule has 0 unspecified atom stereocenters. The number of benzene rings is 2. The van der Waals surface area contributed by atoms with Crippen molar-refractivity contribution in [2.75, 3.05) is 13.7 Å². The van der Waals surface area contributed by atoms with Crippen LogP contribution in [-0.2, 0) is 28.9 Å². The second-order valence-electron chi connectivity index (χ2n) is 7.80. The zero-order valence-electron chi connectivity index (χ0n) is 17.3. The highest BCUT2D eigenvalue weighted by molar-refractivity contribution is 6.05. The predicted molar refractivity (Wildman–Crippen MR) is 116 cm³/mol. The molecule has 1 aromatic heterocycles. The topological polar surface area (TPSA) is 59.5 Å². The highest BCUT2D eigenvalue weighted by Gasteiger charge is 2.23. The highest BCUT2D eigenvalue weighted by atomic mass is 16.5. The molecule has 0 saturated carbocycles. The summed E-state index contributed by atoms with van der Waals surface area (Å²) in [5, 5.41) is 0.799. The Bertz CT molecular complexity index is 1060. The first-order valence-electron chi connectivity index (χ1n) is 10.5. The average Bonchev–Trinajstić information content (AvgIpc) is 3.01. The molecule has 0 atom stereocenters. The molecule has 1 aliphatic rings. The van der Waals surface area contributed by atoms with Crippen molar-refractivity contribution in [2.24, 2.45) is 0 Å². The molecular formula is C25H26N2O3. The van der Waals surface area contributed by atoms with Crippen LogP contribution in [0.15, 0.2) is 54.6 Å². The lowest BCUT2D eigenvalue weighted by Gasteiger charge is -2.18. The van der Waals surface area contributed by atoms with E-state index in [4.69, 9.17) is 9.72 Å². The van der Waals surface area contributed by atoms with Crippen LogP contribution in [0.25, 0.3) is 10.9 Å². The molecular weight excluding hydrogens is 376 g/mol. The number of hydrogen-bond acceptors (Lipinski definition) is 4. The Morgan fingerprint density at radius 1 is 0.967 bits per heavy atom. The molecule has 154 valence electrons. The highest BCUT2D eigenvalue weighted by Crippen LogP contribution is 2.29. The Kier molecular flexibility index (Phi) is 6.07. The lowest BCUT2D eigenvalue weighted by atomic mass is 9.97. The van der Waals surface area contributed by atoms with Crippen LogP contribution in [0.2, 0.25) is 0 Å². The number of nitrogens with zero attached hydrogens (tertiary/aromatic N) is 2. The van der Waals surface area contributed by atoms with Crippen molar-refractivity contribution in [1.82, 2.24) is 9.88 Å². The zero-order valence-corrected chi connectivity index (χ0v) is 17.3. The van der Waals surface area contributed by atoms with Gasteiger partial charge in [0.25, 0.3) is 5.91 Å². The number of ether oxygens (including phenoxy) is 1. The van der Waals surface area contributed by atoms with Crippen molar-refractivity contribution in [3.63, 3.8) is 0 Å². The first-order chi connectivity index (χ1) is 14.6. The third-order valence-electron chi connectivity index (χ3n) is 5.64. The zero-order chi connectivity index (χ0) is 20.9. The Labute approximate surface area is 176 Å². The number of esters is 1. The summed E-state index contributed by atoms with van der Waals surface area (Å²) < 4.78 is 5.51. The Balaban J connectivity index is 1.53. The first kappa shape index (κ1) is 20.1. The lowest BCUT2D eigenvalue weighted by molar-refractivity contribution is -0.133. The summed E-state index contributed by atoms with van der Waals surface area (Å²) in [5.41, 5.74) is 4.39. The summed E-state index contributed by atoms with van der Waals surface area (Å²) in [6.45, 7) is 0.207. The van der Waals surface area contributed by atoms with E-state index in [0.29, 0.717) is 12.1 Å². The van der Waals surface area contributed by atoms with Gasteiger partial charge in [0.15, 0.2) is 6.61 Å². The second-order valence-corrected chi connectivity index (χ2v) is 7.80. The van der Waals surface area contributed by atoms with Gasteiger partial charge in [-0.25, -0.2) is 4.79 Å². The molecule has 0 saturated heterocycles. The summed E-state index contributed by atoms with van der Waals surface area (Å²) in [4.78, 5) is 32.0. The monoisotopic (exact) mass is 402 g/mol. The molecule has 1 amide bonds. The van der Waals surface area contributed by atoms with Crippen LogP contribution >= 0.6 is 0 Å². The van der Waals surface area contributed by atoms with Gasteiger partial charge in [0.1, 0.15) is 0 Å². The van der Waals surface area contributed by atoms with Crippen LogP contribution < -0.4 is 0 Å². The maximum absolute atomic E-state index is 13.1. The summed E-state index contributed by atoms with van der Waals surface area (Å²) >= 11 is 0. The summed E-state index contributed by atoms with van der Waals surface area (Å²) in [7, 11) is 1.72. The largest absolute Gasteiger partial charge is 0.452 e. The van der Waals surface area contributed by atoms with Gasteiger partial charge in [0, 0.05) is 24.7 Å². The summed E-state index contributed by atoms with van der Waals surface area (Å²) in [6.07, 6.45) is 4.93. The van der Waals surface area contributed by atoms with Gasteiger partial charge in [0.2, 0.25) is 0 Å². The van der Waals surface area contributed by atoms with Gasteiger partial charge in [-0.15, -0.1) is 0 Å². The fraction of sp³-hybridized carbons (Fsp3) is 0.320. The van der Waals surface area contributed by atoms with E-state index >= 15 is 0 Å². The Hall–Kier alpha value is -3.21. The first-order valence-corrected chi connectivity index (χ1v) is 10.5. The minimum absolute atomic E-state index is 0.225. The number of carbonyl (C=O) groups is 2. The molecule has 3 aromatic rings. The predicted octanol–water partition coefficient (Wildman–Crippen LogP) is 4.32. The van der Waals surface area contributed by atoms with Crippen LogP contribution in [0.4, 0.5) is 0 Å². The number of pyridine rings is 1. The van der Waals surface area contributed by atoms with Gasteiger partial charge in [-0.1, -0.05) is 55.0 Å². The van der Waals surface area contributed by atoms with E-state index in [1.165, 1.54) is 0 Å². The van der Waals surface area contributed by atoms with Crippen LogP contribution in [0.1, 0.15) is 46.4 Å². The van der Waals surface area contributed by atoms with Gasteiger partial charge >= 0.3 is 5.97 Å². The molecule has 1 aliphatic carbocycles. The number of amides is 1.